The predicted molar refractivity (Wildman–Crippen MR) is 119 cm³/mol. The molecule has 2 fully saturated rings. The Morgan fingerprint density at radius 3 is 2.56 bits per heavy atom. The maximum absolute atomic E-state index is 13.7. The quantitative estimate of drug-likeness (QED) is 0.624. The highest BCUT2D eigenvalue weighted by Gasteiger charge is 2.36. The smallest absolute Gasteiger partial charge is 0.254 e. The monoisotopic (exact) mass is 433 g/mol. The standard InChI is InChI=1S/C23H27N7O2/c1-17-15-19(30-23(26-17)24-16-25-30)27-11-13-28(14-12-27)22(32)21(18-7-3-2-4-8-18)29-10-6-5-9-20(29)31/h2-4,7-8,15-16,21H,5-6,9-14H2,1H3. The van der Waals surface area contributed by atoms with Gasteiger partial charge in [0.2, 0.25) is 11.8 Å². The highest BCUT2D eigenvalue weighted by molar-refractivity contribution is 5.89. The minimum atomic E-state index is -0.555. The summed E-state index contributed by atoms with van der Waals surface area (Å²) in [4.78, 5) is 40.9. The van der Waals surface area contributed by atoms with Crippen LogP contribution in [-0.2, 0) is 9.59 Å². The lowest BCUT2D eigenvalue weighted by molar-refractivity contribution is -0.148. The lowest BCUT2D eigenvalue weighted by Crippen LogP contribution is -2.53. The van der Waals surface area contributed by atoms with Crippen molar-refractivity contribution in [1.82, 2.24) is 29.4 Å². The van der Waals surface area contributed by atoms with Gasteiger partial charge in [-0.05, 0) is 25.3 Å². The summed E-state index contributed by atoms with van der Waals surface area (Å²) in [5.41, 5.74) is 1.76. The van der Waals surface area contributed by atoms with Crippen LogP contribution in [0.15, 0.2) is 42.7 Å². The summed E-state index contributed by atoms with van der Waals surface area (Å²) in [5, 5.41) is 4.30. The van der Waals surface area contributed by atoms with Gasteiger partial charge in [0.1, 0.15) is 18.2 Å². The molecule has 166 valence electrons. The van der Waals surface area contributed by atoms with Crippen LogP contribution >= 0.6 is 0 Å². The summed E-state index contributed by atoms with van der Waals surface area (Å²) in [6.45, 7) is 5.10. The molecule has 5 rings (SSSR count). The molecule has 0 N–H and O–H groups in total. The maximum atomic E-state index is 13.7. The van der Waals surface area contributed by atoms with Gasteiger partial charge in [-0.3, -0.25) is 9.59 Å². The zero-order valence-electron chi connectivity index (χ0n) is 18.2. The second-order valence-electron chi connectivity index (χ2n) is 8.40. The van der Waals surface area contributed by atoms with Crippen molar-refractivity contribution in [2.45, 2.75) is 32.2 Å². The number of aryl methyl sites for hydroxylation is 1. The molecule has 2 aliphatic rings. The number of piperidine rings is 1. The molecule has 0 aliphatic carbocycles. The molecule has 0 spiro atoms. The van der Waals surface area contributed by atoms with E-state index in [-0.39, 0.29) is 11.8 Å². The number of anilines is 1. The van der Waals surface area contributed by atoms with Crippen molar-refractivity contribution >= 4 is 23.4 Å². The van der Waals surface area contributed by atoms with Gasteiger partial charge in [-0.1, -0.05) is 30.3 Å². The Morgan fingerprint density at radius 2 is 1.81 bits per heavy atom. The molecular weight excluding hydrogens is 406 g/mol. The van der Waals surface area contributed by atoms with Crippen LogP contribution < -0.4 is 4.90 Å². The van der Waals surface area contributed by atoms with E-state index >= 15 is 0 Å². The van der Waals surface area contributed by atoms with Crippen LogP contribution in [0.3, 0.4) is 0 Å². The SMILES string of the molecule is Cc1cc(N2CCN(C(=O)C(c3ccccc3)N3CCCCC3=O)CC2)n2ncnc2n1. The lowest BCUT2D eigenvalue weighted by atomic mass is 9.99. The normalized spacial score (nSPS) is 18.3. The Balaban J connectivity index is 1.36. The Kier molecular flexibility index (Phi) is 5.46. The van der Waals surface area contributed by atoms with E-state index in [0.717, 1.165) is 29.9 Å². The maximum Gasteiger partial charge on any atom is 0.254 e. The summed E-state index contributed by atoms with van der Waals surface area (Å²) >= 11 is 0. The summed E-state index contributed by atoms with van der Waals surface area (Å²) in [5.74, 6) is 1.58. The Hall–Kier alpha value is -3.49. The molecule has 1 atom stereocenters. The van der Waals surface area contributed by atoms with Crippen molar-refractivity contribution < 1.29 is 9.59 Å². The fourth-order valence-corrected chi connectivity index (χ4v) is 4.66. The predicted octanol–water partition coefficient (Wildman–Crippen LogP) is 1.84. The molecule has 0 radical (unpaired) electrons. The van der Waals surface area contributed by atoms with Crippen molar-refractivity contribution in [3.8, 4) is 0 Å². The Bertz CT molecular complexity index is 1120. The molecule has 4 heterocycles. The van der Waals surface area contributed by atoms with Gasteiger partial charge in [0, 0.05) is 50.9 Å². The summed E-state index contributed by atoms with van der Waals surface area (Å²) in [6, 6.07) is 11.1. The number of fused-ring (bicyclic) bond motifs is 1. The van der Waals surface area contributed by atoms with E-state index in [1.165, 1.54) is 6.33 Å². The molecule has 2 saturated heterocycles. The van der Waals surface area contributed by atoms with Gasteiger partial charge in [-0.15, -0.1) is 0 Å². The fraction of sp³-hybridized carbons (Fsp3) is 0.435. The first-order valence-corrected chi connectivity index (χ1v) is 11.2. The Morgan fingerprint density at radius 1 is 1.03 bits per heavy atom. The lowest BCUT2D eigenvalue weighted by Gasteiger charge is -2.40. The van der Waals surface area contributed by atoms with Gasteiger partial charge in [0.15, 0.2) is 0 Å². The second kappa shape index (κ2) is 8.57. The first-order chi connectivity index (χ1) is 15.6. The van der Waals surface area contributed by atoms with Crippen molar-refractivity contribution in [2.24, 2.45) is 0 Å². The van der Waals surface area contributed by atoms with E-state index in [9.17, 15) is 9.59 Å². The molecule has 32 heavy (non-hydrogen) atoms. The molecule has 2 aliphatic heterocycles. The van der Waals surface area contributed by atoms with Gasteiger partial charge >= 0.3 is 0 Å². The second-order valence-corrected chi connectivity index (χ2v) is 8.40. The number of benzene rings is 1. The molecule has 0 saturated carbocycles. The van der Waals surface area contributed by atoms with Crippen LogP contribution in [0.4, 0.5) is 5.82 Å². The average molecular weight is 434 g/mol. The van der Waals surface area contributed by atoms with Gasteiger partial charge in [-0.25, -0.2) is 4.98 Å². The number of hydrogen-bond acceptors (Lipinski definition) is 6. The number of carbonyl (C=O) groups excluding carboxylic acids is 2. The number of rotatable bonds is 4. The van der Waals surface area contributed by atoms with E-state index in [4.69, 9.17) is 0 Å². The first kappa shape index (κ1) is 20.4. The third-order valence-corrected chi connectivity index (χ3v) is 6.30. The number of carbonyl (C=O) groups is 2. The van der Waals surface area contributed by atoms with E-state index in [0.29, 0.717) is 44.9 Å². The molecule has 3 aromatic rings. The van der Waals surface area contributed by atoms with E-state index < -0.39 is 6.04 Å². The average Bonchev–Trinajstić information content (AvgIpc) is 3.29. The third kappa shape index (κ3) is 3.79. The minimum absolute atomic E-state index is 0.00270. The van der Waals surface area contributed by atoms with Crippen LogP contribution in [0.2, 0.25) is 0 Å². The number of piperazine rings is 1. The number of likely N-dealkylation sites (tertiary alicyclic amines) is 1. The van der Waals surface area contributed by atoms with E-state index in [1.807, 2.05) is 48.2 Å². The topological polar surface area (TPSA) is 86.9 Å². The number of aromatic nitrogens is 4. The summed E-state index contributed by atoms with van der Waals surface area (Å²) in [7, 11) is 0. The number of amides is 2. The van der Waals surface area contributed by atoms with E-state index in [1.54, 1.807) is 9.42 Å². The Labute approximate surface area is 186 Å². The van der Waals surface area contributed by atoms with Gasteiger partial charge in [0.25, 0.3) is 5.78 Å². The minimum Gasteiger partial charge on any atom is -0.353 e. The highest BCUT2D eigenvalue weighted by Crippen LogP contribution is 2.28. The summed E-state index contributed by atoms with van der Waals surface area (Å²) < 4.78 is 1.74. The van der Waals surface area contributed by atoms with Crippen molar-refractivity contribution in [1.29, 1.82) is 0 Å². The van der Waals surface area contributed by atoms with Crippen molar-refractivity contribution in [2.75, 3.05) is 37.6 Å². The largest absolute Gasteiger partial charge is 0.353 e. The fourth-order valence-electron chi connectivity index (χ4n) is 4.66. The van der Waals surface area contributed by atoms with E-state index in [2.05, 4.69) is 20.0 Å². The van der Waals surface area contributed by atoms with Crippen molar-refractivity contribution in [3.63, 3.8) is 0 Å². The first-order valence-electron chi connectivity index (χ1n) is 11.2. The van der Waals surface area contributed by atoms with Crippen LogP contribution in [0.25, 0.3) is 5.78 Å². The third-order valence-electron chi connectivity index (χ3n) is 6.30. The molecule has 2 amide bonds. The van der Waals surface area contributed by atoms with Crippen LogP contribution in [0.1, 0.15) is 36.6 Å². The van der Waals surface area contributed by atoms with Crippen LogP contribution in [-0.4, -0.2) is 73.9 Å². The zero-order chi connectivity index (χ0) is 22.1. The van der Waals surface area contributed by atoms with Crippen LogP contribution in [0, 0.1) is 6.92 Å². The van der Waals surface area contributed by atoms with Gasteiger partial charge in [0.05, 0.1) is 0 Å². The van der Waals surface area contributed by atoms with Crippen LogP contribution in [0.5, 0.6) is 0 Å². The molecule has 1 aromatic carbocycles. The molecular formula is C23H27N7O2. The highest BCUT2D eigenvalue weighted by atomic mass is 16.2. The number of nitrogens with zero attached hydrogens (tertiary/aromatic N) is 7. The van der Waals surface area contributed by atoms with Gasteiger partial charge in [-0.2, -0.15) is 14.6 Å². The molecule has 1 unspecified atom stereocenters. The molecule has 2 aromatic heterocycles. The number of hydrogen-bond donors (Lipinski definition) is 0. The molecule has 9 heteroatoms. The van der Waals surface area contributed by atoms with Crippen molar-refractivity contribution in [3.05, 3.63) is 54.0 Å². The van der Waals surface area contributed by atoms with Gasteiger partial charge < -0.3 is 14.7 Å². The molecule has 0 bridgehead atoms. The summed E-state index contributed by atoms with van der Waals surface area (Å²) in [6.07, 6.45) is 3.85. The molecule has 9 nitrogen and oxygen atoms in total. The zero-order valence-corrected chi connectivity index (χ0v) is 18.2.